The average Bonchev–Trinajstić information content (AvgIpc) is 2.92. The molecule has 0 saturated heterocycles. The molecule has 7 heteroatoms. The Morgan fingerprint density at radius 2 is 2.15 bits per heavy atom. The molecule has 108 valence electrons. The van der Waals surface area contributed by atoms with Crippen molar-refractivity contribution in [1.82, 2.24) is 24.5 Å². The Morgan fingerprint density at radius 3 is 2.75 bits per heavy atom. The maximum Gasteiger partial charge on any atom is 0.257 e. The maximum atomic E-state index is 12.6. The molecule has 0 radical (unpaired) electrons. The first kappa shape index (κ1) is 14.4. The van der Waals surface area contributed by atoms with Crippen molar-refractivity contribution >= 4 is 11.7 Å². The number of aromatic nitrogens is 4. The van der Waals surface area contributed by atoms with Crippen molar-refractivity contribution in [3.8, 4) is 0 Å². The highest BCUT2D eigenvalue weighted by atomic mass is 16.3. The lowest BCUT2D eigenvalue weighted by Gasteiger charge is -2.34. The Hall–Kier alpha value is -2.02. The molecule has 0 fully saturated rings. The standard InChI is InChI=1S/C13H19N5O2/c1-5-10-9(6-14-12-15-8-16-18(10)12)11(20)17(4)13(2,3)7-19/h6,8,19H,5,7H2,1-4H3. The van der Waals surface area contributed by atoms with E-state index in [9.17, 15) is 9.90 Å². The van der Waals surface area contributed by atoms with Gasteiger partial charge in [0.2, 0.25) is 0 Å². The minimum Gasteiger partial charge on any atom is -0.394 e. The summed E-state index contributed by atoms with van der Waals surface area (Å²) in [7, 11) is 1.67. The smallest absolute Gasteiger partial charge is 0.257 e. The lowest BCUT2D eigenvalue weighted by atomic mass is 10.0. The molecular weight excluding hydrogens is 258 g/mol. The number of rotatable bonds is 4. The van der Waals surface area contributed by atoms with Crippen molar-refractivity contribution in [2.75, 3.05) is 13.7 Å². The maximum absolute atomic E-state index is 12.6. The number of likely N-dealkylation sites (N-methyl/N-ethyl adjacent to an activating group) is 1. The molecule has 0 saturated carbocycles. The van der Waals surface area contributed by atoms with E-state index in [1.165, 1.54) is 17.4 Å². The van der Waals surface area contributed by atoms with Crippen molar-refractivity contribution < 1.29 is 9.90 Å². The number of hydrogen-bond acceptors (Lipinski definition) is 5. The molecule has 0 aliphatic carbocycles. The number of aliphatic hydroxyl groups is 1. The van der Waals surface area contributed by atoms with E-state index in [1.807, 2.05) is 6.92 Å². The highest BCUT2D eigenvalue weighted by Gasteiger charge is 2.29. The number of carbonyl (C=O) groups is 1. The van der Waals surface area contributed by atoms with Crippen LogP contribution in [-0.4, -0.2) is 54.7 Å². The third-order valence-corrected chi connectivity index (χ3v) is 3.57. The van der Waals surface area contributed by atoms with E-state index in [0.717, 1.165) is 5.69 Å². The van der Waals surface area contributed by atoms with Gasteiger partial charge in [-0.3, -0.25) is 4.79 Å². The summed E-state index contributed by atoms with van der Waals surface area (Å²) in [4.78, 5) is 22.3. The van der Waals surface area contributed by atoms with Gasteiger partial charge in [-0.2, -0.15) is 10.1 Å². The van der Waals surface area contributed by atoms with Gasteiger partial charge in [-0.05, 0) is 20.3 Å². The Morgan fingerprint density at radius 1 is 1.45 bits per heavy atom. The molecular formula is C13H19N5O2. The van der Waals surface area contributed by atoms with Gasteiger partial charge in [0, 0.05) is 13.2 Å². The zero-order valence-electron chi connectivity index (χ0n) is 12.2. The molecule has 0 aliphatic rings. The van der Waals surface area contributed by atoms with Gasteiger partial charge < -0.3 is 10.0 Å². The third kappa shape index (κ3) is 2.24. The Bertz CT molecular complexity index is 635. The fourth-order valence-corrected chi connectivity index (χ4v) is 1.91. The van der Waals surface area contributed by atoms with Crippen LogP contribution in [0.4, 0.5) is 0 Å². The van der Waals surface area contributed by atoms with Gasteiger partial charge in [0.05, 0.1) is 23.4 Å². The molecule has 20 heavy (non-hydrogen) atoms. The molecule has 2 aromatic rings. The molecule has 1 amide bonds. The predicted octanol–water partition coefficient (Wildman–Crippen LogP) is 0.530. The minimum absolute atomic E-state index is 0.115. The molecule has 2 aromatic heterocycles. The van der Waals surface area contributed by atoms with Gasteiger partial charge in [0.1, 0.15) is 6.33 Å². The summed E-state index contributed by atoms with van der Waals surface area (Å²) in [5.74, 6) is 0.285. The van der Waals surface area contributed by atoms with Crippen LogP contribution in [0.2, 0.25) is 0 Å². The van der Waals surface area contributed by atoms with Gasteiger partial charge in [-0.25, -0.2) is 9.50 Å². The highest BCUT2D eigenvalue weighted by molar-refractivity contribution is 5.95. The van der Waals surface area contributed by atoms with Crippen molar-refractivity contribution in [3.05, 3.63) is 23.8 Å². The number of nitrogens with zero attached hydrogens (tertiary/aromatic N) is 5. The number of carbonyl (C=O) groups excluding carboxylic acids is 1. The van der Waals surface area contributed by atoms with Crippen LogP contribution in [0, 0.1) is 0 Å². The summed E-state index contributed by atoms with van der Waals surface area (Å²) in [6.07, 6.45) is 3.57. The fraction of sp³-hybridized carbons (Fsp3) is 0.538. The third-order valence-electron chi connectivity index (χ3n) is 3.57. The van der Waals surface area contributed by atoms with Crippen molar-refractivity contribution in [3.63, 3.8) is 0 Å². The Balaban J connectivity index is 2.49. The first-order chi connectivity index (χ1) is 9.42. The van der Waals surface area contributed by atoms with Gasteiger partial charge in [-0.1, -0.05) is 6.92 Å². The van der Waals surface area contributed by atoms with E-state index >= 15 is 0 Å². The second kappa shape index (κ2) is 5.16. The van der Waals surface area contributed by atoms with E-state index < -0.39 is 5.54 Å². The van der Waals surface area contributed by atoms with Gasteiger partial charge in [-0.15, -0.1) is 0 Å². The van der Waals surface area contributed by atoms with Crippen LogP contribution < -0.4 is 0 Å². The molecule has 0 unspecified atom stereocenters. The number of amides is 1. The molecule has 0 aliphatic heterocycles. The van der Waals surface area contributed by atoms with Crippen LogP contribution in [0.15, 0.2) is 12.5 Å². The van der Waals surface area contributed by atoms with Crippen LogP contribution in [0.25, 0.3) is 5.78 Å². The number of aryl methyl sites for hydroxylation is 1. The summed E-state index contributed by atoms with van der Waals surface area (Å²) in [6.45, 7) is 5.44. The molecule has 7 nitrogen and oxygen atoms in total. The van der Waals surface area contributed by atoms with Crippen LogP contribution in [0.1, 0.15) is 36.8 Å². The summed E-state index contributed by atoms with van der Waals surface area (Å²) in [6, 6.07) is 0. The molecule has 1 N–H and O–H groups in total. The molecule has 2 rings (SSSR count). The average molecular weight is 277 g/mol. The Kier molecular flexibility index (Phi) is 3.71. The van der Waals surface area contributed by atoms with E-state index in [1.54, 1.807) is 25.4 Å². The molecule has 0 aromatic carbocycles. The lowest BCUT2D eigenvalue weighted by molar-refractivity contribution is 0.0471. The fourth-order valence-electron chi connectivity index (χ4n) is 1.91. The SMILES string of the molecule is CCc1c(C(=O)N(C)C(C)(C)CO)cnc2ncnn12. The van der Waals surface area contributed by atoms with Crippen molar-refractivity contribution in [1.29, 1.82) is 0 Å². The van der Waals surface area contributed by atoms with Crippen LogP contribution in [0.5, 0.6) is 0 Å². The lowest BCUT2D eigenvalue weighted by Crippen LogP contribution is -2.48. The number of fused-ring (bicyclic) bond motifs is 1. The van der Waals surface area contributed by atoms with E-state index in [0.29, 0.717) is 17.8 Å². The normalized spacial score (nSPS) is 11.8. The molecule has 0 spiro atoms. The monoisotopic (exact) mass is 277 g/mol. The molecule has 0 bridgehead atoms. The summed E-state index contributed by atoms with van der Waals surface area (Å²) >= 11 is 0. The predicted molar refractivity (Wildman–Crippen MR) is 73.4 cm³/mol. The van der Waals surface area contributed by atoms with Gasteiger partial charge in [0.25, 0.3) is 11.7 Å². The van der Waals surface area contributed by atoms with Crippen LogP contribution in [0.3, 0.4) is 0 Å². The van der Waals surface area contributed by atoms with Crippen LogP contribution >= 0.6 is 0 Å². The second-order valence-electron chi connectivity index (χ2n) is 5.28. The van der Waals surface area contributed by atoms with Crippen molar-refractivity contribution in [2.24, 2.45) is 0 Å². The summed E-state index contributed by atoms with van der Waals surface area (Å²) in [5.41, 5.74) is 0.604. The van der Waals surface area contributed by atoms with Gasteiger partial charge in [0.15, 0.2) is 0 Å². The molecule has 2 heterocycles. The van der Waals surface area contributed by atoms with Gasteiger partial charge >= 0.3 is 0 Å². The van der Waals surface area contributed by atoms with E-state index in [-0.39, 0.29) is 12.5 Å². The zero-order chi connectivity index (χ0) is 14.9. The first-order valence-corrected chi connectivity index (χ1v) is 6.49. The summed E-state index contributed by atoms with van der Waals surface area (Å²) in [5, 5.41) is 13.5. The second-order valence-corrected chi connectivity index (χ2v) is 5.28. The highest BCUT2D eigenvalue weighted by Crippen LogP contribution is 2.18. The minimum atomic E-state index is -0.639. The van der Waals surface area contributed by atoms with E-state index in [4.69, 9.17) is 0 Å². The van der Waals surface area contributed by atoms with Crippen LogP contribution in [-0.2, 0) is 6.42 Å². The quantitative estimate of drug-likeness (QED) is 0.881. The first-order valence-electron chi connectivity index (χ1n) is 6.49. The van der Waals surface area contributed by atoms with Crippen molar-refractivity contribution in [2.45, 2.75) is 32.7 Å². The zero-order valence-corrected chi connectivity index (χ0v) is 12.2. The molecule has 0 atom stereocenters. The Labute approximate surface area is 117 Å². The topological polar surface area (TPSA) is 83.6 Å². The summed E-state index contributed by atoms with van der Waals surface area (Å²) < 4.78 is 1.58. The van der Waals surface area contributed by atoms with E-state index in [2.05, 4.69) is 15.1 Å². The largest absolute Gasteiger partial charge is 0.394 e. The number of hydrogen-bond donors (Lipinski definition) is 1. The number of aliphatic hydroxyl groups excluding tert-OH is 1.